The lowest BCUT2D eigenvalue weighted by Crippen LogP contribution is -2.25. The molecular formula is C22H25N3O3. The molecule has 0 unspecified atom stereocenters. The molecule has 0 spiro atoms. The SMILES string of the molecule is CCOc1c(OCCN2CCCC2)cccc1C(=O)c1c[nH]c2ncccc12. The highest BCUT2D eigenvalue weighted by atomic mass is 16.5. The number of nitrogens with zero attached hydrogens (tertiary/aromatic N) is 2. The van der Waals surface area contributed by atoms with Crippen molar-refractivity contribution in [1.29, 1.82) is 0 Å². The van der Waals surface area contributed by atoms with Crippen LogP contribution < -0.4 is 9.47 Å². The van der Waals surface area contributed by atoms with Gasteiger partial charge in [-0.1, -0.05) is 6.07 Å². The van der Waals surface area contributed by atoms with Gasteiger partial charge in [0.1, 0.15) is 12.3 Å². The predicted octanol–water partition coefficient (Wildman–Crippen LogP) is 3.67. The number of H-pyrrole nitrogens is 1. The Bertz CT molecular complexity index is 961. The van der Waals surface area contributed by atoms with Crippen LogP contribution in [0.15, 0.2) is 42.7 Å². The minimum Gasteiger partial charge on any atom is -0.489 e. The van der Waals surface area contributed by atoms with Crippen LogP contribution in [-0.4, -0.2) is 53.5 Å². The largest absolute Gasteiger partial charge is 0.489 e. The van der Waals surface area contributed by atoms with Crippen LogP contribution in [0.25, 0.3) is 11.0 Å². The van der Waals surface area contributed by atoms with Gasteiger partial charge in [-0.05, 0) is 57.1 Å². The number of ether oxygens (including phenoxy) is 2. The monoisotopic (exact) mass is 379 g/mol. The fourth-order valence-corrected chi connectivity index (χ4v) is 3.68. The van der Waals surface area contributed by atoms with Gasteiger partial charge in [-0.15, -0.1) is 0 Å². The number of para-hydroxylation sites is 1. The molecule has 28 heavy (non-hydrogen) atoms. The average Bonchev–Trinajstić information content (AvgIpc) is 3.38. The molecule has 1 aliphatic rings. The van der Waals surface area contributed by atoms with Crippen molar-refractivity contribution in [2.45, 2.75) is 19.8 Å². The van der Waals surface area contributed by atoms with E-state index in [1.165, 1.54) is 12.8 Å². The molecule has 4 rings (SSSR count). The van der Waals surface area contributed by atoms with Gasteiger partial charge in [0.05, 0.1) is 12.2 Å². The first kappa shape index (κ1) is 18.5. The smallest absolute Gasteiger partial charge is 0.199 e. The molecule has 3 heterocycles. The molecule has 1 aliphatic heterocycles. The second-order valence-corrected chi connectivity index (χ2v) is 6.89. The van der Waals surface area contributed by atoms with Gasteiger partial charge < -0.3 is 14.5 Å². The minimum absolute atomic E-state index is 0.104. The van der Waals surface area contributed by atoms with Crippen LogP contribution in [0, 0.1) is 0 Å². The molecular weight excluding hydrogens is 354 g/mol. The Labute approximate surface area is 164 Å². The van der Waals surface area contributed by atoms with Gasteiger partial charge in [-0.2, -0.15) is 0 Å². The fraction of sp³-hybridized carbons (Fsp3) is 0.364. The van der Waals surface area contributed by atoms with E-state index in [-0.39, 0.29) is 5.78 Å². The van der Waals surface area contributed by atoms with Crippen molar-refractivity contribution in [1.82, 2.24) is 14.9 Å². The van der Waals surface area contributed by atoms with E-state index in [9.17, 15) is 4.79 Å². The quantitative estimate of drug-likeness (QED) is 0.605. The molecule has 6 nitrogen and oxygen atoms in total. The van der Waals surface area contributed by atoms with Crippen LogP contribution >= 0.6 is 0 Å². The summed E-state index contributed by atoms with van der Waals surface area (Å²) in [5, 5.41) is 0.801. The number of pyridine rings is 1. The molecule has 0 atom stereocenters. The van der Waals surface area contributed by atoms with Crippen molar-refractivity contribution in [2.24, 2.45) is 0 Å². The Kier molecular flexibility index (Phi) is 5.58. The average molecular weight is 379 g/mol. The zero-order valence-electron chi connectivity index (χ0n) is 16.1. The maximum atomic E-state index is 13.3. The Morgan fingerprint density at radius 2 is 2.00 bits per heavy atom. The van der Waals surface area contributed by atoms with E-state index in [2.05, 4.69) is 14.9 Å². The summed E-state index contributed by atoms with van der Waals surface area (Å²) in [5.74, 6) is 1.02. The number of rotatable bonds is 8. The topological polar surface area (TPSA) is 67.5 Å². The molecule has 146 valence electrons. The number of likely N-dealkylation sites (tertiary alicyclic amines) is 1. The lowest BCUT2D eigenvalue weighted by atomic mass is 10.0. The van der Waals surface area contributed by atoms with Crippen LogP contribution in [0.2, 0.25) is 0 Å². The van der Waals surface area contributed by atoms with E-state index in [4.69, 9.17) is 9.47 Å². The summed E-state index contributed by atoms with van der Waals surface area (Å²) in [4.78, 5) is 23.0. The van der Waals surface area contributed by atoms with Crippen molar-refractivity contribution in [3.8, 4) is 11.5 Å². The van der Waals surface area contributed by atoms with E-state index >= 15 is 0 Å². The lowest BCUT2D eigenvalue weighted by molar-refractivity contribution is 0.103. The van der Waals surface area contributed by atoms with E-state index in [1.807, 2.05) is 31.2 Å². The third kappa shape index (κ3) is 3.73. The van der Waals surface area contributed by atoms with Gasteiger partial charge in [-0.3, -0.25) is 9.69 Å². The van der Waals surface area contributed by atoms with Crippen molar-refractivity contribution < 1.29 is 14.3 Å². The summed E-state index contributed by atoms with van der Waals surface area (Å²) in [6, 6.07) is 9.21. The summed E-state index contributed by atoms with van der Waals surface area (Å²) >= 11 is 0. The number of fused-ring (bicyclic) bond motifs is 1. The third-order valence-electron chi connectivity index (χ3n) is 5.07. The molecule has 2 aromatic heterocycles. The summed E-state index contributed by atoms with van der Waals surface area (Å²) in [7, 11) is 0. The first-order chi connectivity index (χ1) is 13.8. The molecule has 0 bridgehead atoms. The van der Waals surface area contributed by atoms with Gasteiger partial charge >= 0.3 is 0 Å². The molecule has 1 aromatic carbocycles. The second kappa shape index (κ2) is 8.44. The van der Waals surface area contributed by atoms with Crippen LogP contribution in [0.4, 0.5) is 0 Å². The number of ketones is 1. The molecule has 0 aliphatic carbocycles. The molecule has 3 aromatic rings. The van der Waals surface area contributed by atoms with E-state index in [0.29, 0.717) is 41.5 Å². The number of nitrogens with one attached hydrogen (secondary N) is 1. The van der Waals surface area contributed by atoms with Crippen LogP contribution in [0.3, 0.4) is 0 Å². The number of benzene rings is 1. The van der Waals surface area contributed by atoms with Gasteiger partial charge in [0.25, 0.3) is 0 Å². The van der Waals surface area contributed by atoms with Gasteiger partial charge in [0.15, 0.2) is 17.3 Å². The fourth-order valence-electron chi connectivity index (χ4n) is 3.68. The highest BCUT2D eigenvalue weighted by Gasteiger charge is 2.21. The van der Waals surface area contributed by atoms with E-state index in [1.54, 1.807) is 18.5 Å². The molecule has 6 heteroatoms. The maximum absolute atomic E-state index is 13.3. The van der Waals surface area contributed by atoms with E-state index < -0.39 is 0 Å². The molecule has 1 N–H and O–H groups in total. The molecule has 0 radical (unpaired) electrons. The first-order valence-electron chi connectivity index (χ1n) is 9.85. The first-order valence-corrected chi connectivity index (χ1v) is 9.85. The van der Waals surface area contributed by atoms with Crippen LogP contribution in [-0.2, 0) is 0 Å². The van der Waals surface area contributed by atoms with Crippen LogP contribution in [0.5, 0.6) is 11.5 Å². The van der Waals surface area contributed by atoms with Gasteiger partial charge in [-0.25, -0.2) is 4.98 Å². The Hall–Kier alpha value is -2.86. The second-order valence-electron chi connectivity index (χ2n) is 6.89. The predicted molar refractivity (Wildman–Crippen MR) is 108 cm³/mol. The summed E-state index contributed by atoms with van der Waals surface area (Å²) in [6.07, 6.45) is 5.92. The van der Waals surface area contributed by atoms with Crippen LogP contribution in [0.1, 0.15) is 35.7 Å². The molecule has 0 saturated carbocycles. The molecule has 0 amide bonds. The van der Waals surface area contributed by atoms with Gasteiger partial charge in [0.2, 0.25) is 0 Å². The minimum atomic E-state index is -0.104. The Morgan fingerprint density at radius 1 is 1.14 bits per heavy atom. The Morgan fingerprint density at radius 3 is 2.82 bits per heavy atom. The number of carbonyl (C=O) groups is 1. The number of aromatic nitrogens is 2. The normalized spacial score (nSPS) is 14.5. The number of carbonyl (C=O) groups excluding carboxylic acids is 1. The van der Waals surface area contributed by atoms with Gasteiger partial charge in [0, 0.05) is 29.9 Å². The zero-order chi connectivity index (χ0) is 19.3. The van der Waals surface area contributed by atoms with Crippen molar-refractivity contribution >= 4 is 16.8 Å². The highest BCUT2D eigenvalue weighted by molar-refractivity contribution is 6.17. The number of aromatic amines is 1. The van der Waals surface area contributed by atoms with E-state index in [0.717, 1.165) is 25.0 Å². The highest BCUT2D eigenvalue weighted by Crippen LogP contribution is 2.34. The standard InChI is InChI=1S/C22H25N3O3/c1-2-27-21-17(20(26)18-15-24-22-16(18)8-6-10-23-22)7-5-9-19(21)28-14-13-25-11-3-4-12-25/h5-10,15H,2-4,11-14H2,1H3,(H,23,24). The van der Waals surface area contributed by atoms with Crippen molar-refractivity contribution in [3.05, 3.63) is 53.9 Å². The number of hydrogen-bond donors (Lipinski definition) is 1. The lowest BCUT2D eigenvalue weighted by Gasteiger charge is -2.18. The third-order valence-corrected chi connectivity index (χ3v) is 5.07. The summed E-state index contributed by atoms with van der Waals surface area (Å²) in [6.45, 7) is 6.10. The Balaban J connectivity index is 1.59. The number of hydrogen-bond acceptors (Lipinski definition) is 5. The molecule has 1 saturated heterocycles. The van der Waals surface area contributed by atoms with Crippen molar-refractivity contribution in [2.75, 3.05) is 32.8 Å². The van der Waals surface area contributed by atoms with Crippen molar-refractivity contribution in [3.63, 3.8) is 0 Å². The zero-order valence-corrected chi connectivity index (χ0v) is 16.1. The molecule has 1 fully saturated rings. The summed E-state index contributed by atoms with van der Waals surface area (Å²) < 4.78 is 11.8. The maximum Gasteiger partial charge on any atom is 0.199 e. The summed E-state index contributed by atoms with van der Waals surface area (Å²) in [5.41, 5.74) is 1.78.